The molecule has 0 fully saturated rings. The van der Waals surface area contributed by atoms with Gasteiger partial charge < -0.3 is 10.3 Å². The van der Waals surface area contributed by atoms with Gasteiger partial charge in [-0.25, -0.2) is 4.98 Å². The van der Waals surface area contributed by atoms with E-state index >= 15 is 0 Å². The first-order valence-corrected chi connectivity index (χ1v) is 7.28. The van der Waals surface area contributed by atoms with Gasteiger partial charge in [0.25, 0.3) is 5.56 Å². The molecular formula is C15H20ClN3O. The number of nitrogens with zero attached hydrogens (tertiary/aromatic N) is 1. The summed E-state index contributed by atoms with van der Waals surface area (Å²) in [5, 5.41) is 4.52. The first-order chi connectivity index (χ1) is 9.47. The van der Waals surface area contributed by atoms with Crippen LogP contribution in [0.4, 0.5) is 0 Å². The number of aromatic amines is 1. The Kier molecular flexibility index (Phi) is 4.78. The van der Waals surface area contributed by atoms with Crippen LogP contribution in [-0.4, -0.2) is 16.5 Å². The third kappa shape index (κ3) is 3.58. The van der Waals surface area contributed by atoms with Crippen LogP contribution in [-0.2, 0) is 0 Å². The highest BCUT2D eigenvalue weighted by Gasteiger charge is 2.10. The Balaban J connectivity index is 2.24. The fourth-order valence-corrected chi connectivity index (χ4v) is 2.19. The van der Waals surface area contributed by atoms with E-state index in [1.165, 1.54) is 0 Å². The maximum atomic E-state index is 12.0. The molecule has 0 saturated heterocycles. The molecule has 1 aromatic carbocycles. The van der Waals surface area contributed by atoms with Crippen molar-refractivity contribution in [3.8, 4) is 0 Å². The van der Waals surface area contributed by atoms with E-state index in [0.29, 0.717) is 27.7 Å². The van der Waals surface area contributed by atoms with E-state index in [1.54, 1.807) is 18.2 Å². The standard InChI is InChI=1S/C15H20ClN3O/c1-9(2)6-7-17-10(3)14-18-13-8-11(16)4-5-12(13)15(20)19-14/h4-5,8-10,17H,6-7H2,1-3H3,(H,18,19,20)/t10-/m1/s1. The van der Waals surface area contributed by atoms with Crippen LogP contribution in [0.2, 0.25) is 5.02 Å². The number of nitrogens with one attached hydrogen (secondary N) is 2. The maximum absolute atomic E-state index is 12.0. The van der Waals surface area contributed by atoms with E-state index in [9.17, 15) is 4.79 Å². The second-order valence-corrected chi connectivity index (χ2v) is 5.91. The van der Waals surface area contributed by atoms with E-state index in [1.807, 2.05) is 6.92 Å². The largest absolute Gasteiger partial charge is 0.309 e. The van der Waals surface area contributed by atoms with Crippen LogP contribution in [0.3, 0.4) is 0 Å². The van der Waals surface area contributed by atoms with Gasteiger partial charge in [-0.3, -0.25) is 4.79 Å². The predicted octanol–water partition coefficient (Wildman–Crippen LogP) is 3.27. The van der Waals surface area contributed by atoms with Crippen LogP contribution in [0, 0.1) is 5.92 Å². The molecule has 0 amide bonds. The molecule has 1 aromatic heterocycles. The van der Waals surface area contributed by atoms with Gasteiger partial charge >= 0.3 is 0 Å². The Hall–Kier alpha value is -1.39. The van der Waals surface area contributed by atoms with Gasteiger partial charge in [-0.05, 0) is 44.0 Å². The van der Waals surface area contributed by atoms with Gasteiger partial charge in [0.2, 0.25) is 0 Å². The zero-order valence-corrected chi connectivity index (χ0v) is 12.8. The molecule has 0 aliphatic rings. The minimum Gasteiger partial charge on any atom is -0.309 e. The second-order valence-electron chi connectivity index (χ2n) is 5.47. The highest BCUT2D eigenvalue weighted by atomic mass is 35.5. The van der Waals surface area contributed by atoms with Gasteiger partial charge in [-0.15, -0.1) is 0 Å². The Labute approximate surface area is 123 Å². The predicted molar refractivity (Wildman–Crippen MR) is 83.2 cm³/mol. The van der Waals surface area contributed by atoms with Crippen molar-refractivity contribution >= 4 is 22.5 Å². The summed E-state index contributed by atoms with van der Waals surface area (Å²) < 4.78 is 0. The summed E-state index contributed by atoms with van der Waals surface area (Å²) in [4.78, 5) is 19.4. The molecule has 0 spiro atoms. The molecule has 0 radical (unpaired) electrons. The van der Waals surface area contributed by atoms with Crippen LogP contribution < -0.4 is 10.9 Å². The molecule has 0 saturated carbocycles. The van der Waals surface area contributed by atoms with Crippen molar-refractivity contribution in [2.45, 2.75) is 33.2 Å². The second kappa shape index (κ2) is 6.37. The van der Waals surface area contributed by atoms with Gasteiger partial charge in [-0.1, -0.05) is 25.4 Å². The lowest BCUT2D eigenvalue weighted by molar-refractivity contribution is 0.485. The van der Waals surface area contributed by atoms with Crippen molar-refractivity contribution in [2.24, 2.45) is 5.92 Å². The Morgan fingerprint density at radius 1 is 1.35 bits per heavy atom. The van der Waals surface area contributed by atoms with Gasteiger partial charge in [0.1, 0.15) is 5.82 Å². The summed E-state index contributed by atoms with van der Waals surface area (Å²) in [5.41, 5.74) is 0.507. The molecule has 0 bridgehead atoms. The Morgan fingerprint density at radius 2 is 2.10 bits per heavy atom. The average molecular weight is 294 g/mol. The van der Waals surface area contributed by atoms with Gasteiger partial charge in [-0.2, -0.15) is 0 Å². The van der Waals surface area contributed by atoms with Crippen LogP contribution in [0.25, 0.3) is 10.9 Å². The monoisotopic (exact) mass is 293 g/mol. The summed E-state index contributed by atoms with van der Waals surface area (Å²) in [5.74, 6) is 1.30. The van der Waals surface area contributed by atoms with Gasteiger partial charge in [0, 0.05) is 5.02 Å². The quantitative estimate of drug-likeness (QED) is 0.889. The lowest BCUT2D eigenvalue weighted by atomic mass is 10.1. The molecule has 1 atom stereocenters. The molecule has 2 N–H and O–H groups in total. The third-order valence-corrected chi connectivity index (χ3v) is 3.50. The first-order valence-electron chi connectivity index (χ1n) is 6.90. The minimum atomic E-state index is -0.126. The molecule has 5 heteroatoms. The molecule has 0 unspecified atom stereocenters. The normalized spacial score (nSPS) is 13.1. The molecule has 2 aromatic rings. The fraction of sp³-hybridized carbons (Fsp3) is 0.467. The van der Waals surface area contributed by atoms with E-state index in [2.05, 4.69) is 29.1 Å². The Bertz CT molecular complexity index is 651. The van der Waals surface area contributed by atoms with Crippen molar-refractivity contribution in [3.05, 3.63) is 39.4 Å². The SMILES string of the molecule is CC(C)CCN[C@H](C)c1nc2cc(Cl)ccc2c(=O)[nH]1. The van der Waals surface area contributed by atoms with Crippen molar-refractivity contribution in [3.63, 3.8) is 0 Å². The summed E-state index contributed by atoms with van der Waals surface area (Å²) >= 11 is 5.95. The van der Waals surface area contributed by atoms with Crippen LogP contribution in [0.15, 0.2) is 23.0 Å². The number of hydrogen-bond donors (Lipinski definition) is 2. The molecule has 2 rings (SSSR count). The average Bonchev–Trinajstić information content (AvgIpc) is 2.37. The molecular weight excluding hydrogens is 274 g/mol. The molecule has 20 heavy (non-hydrogen) atoms. The van der Waals surface area contributed by atoms with E-state index < -0.39 is 0 Å². The van der Waals surface area contributed by atoms with Crippen molar-refractivity contribution in [2.75, 3.05) is 6.54 Å². The van der Waals surface area contributed by atoms with Crippen molar-refractivity contribution in [1.82, 2.24) is 15.3 Å². The molecule has 0 aliphatic heterocycles. The van der Waals surface area contributed by atoms with E-state index in [0.717, 1.165) is 13.0 Å². The topological polar surface area (TPSA) is 57.8 Å². The maximum Gasteiger partial charge on any atom is 0.258 e. The zero-order chi connectivity index (χ0) is 14.7. The molecule has 108 valence electrons. The molecule has 0 aliphatic carbocycles. The fourth-order valence-electron chi connectivity index (χ4n) is 2.02. The number of hydrogen-bond acceptors (Lipinski definition) is 3. The lowest BCUT2D eigenvalue weighted by Crippen LogP contribution is -2.25. The number of rotatable bonds is 5. The lowest BCUT2D eigenvalue weighted by Gasteiger charge is -2.14. The zero-order valence-electron chi connectivity index (χ0n) is 12.0. The van der Waals surface area contributed by atoms with Gasteiger partial charge in [0.15, 0.2) is 0 Å². The summed E-state index contributed by atoms with van der Waals surface area (Å²) in [6.45, 7) is 7.26. The van der Waals surface area contributed by atoms with Crippen LogP contribution in [0.5, 0.6) is 0 Å². The molecule has 1 heterocycles. The van der Waals surface area contributed by atoms with E-state index in [4.69, 9.17) is 11.6 Å². The highest BCUT2D eigenvalue weighted by molar-refractivity contribution is 6.31. The number of halogens is 1. The van der Waals surface area contributed by atoms with Crippen LogP contribution >= 0.6 is 11.6 Å². The number of H-pyrrole nitrogens is 1. The van der Waals surface area contributed by atoms with E-state index in [-0.39, 0.29) is 11.6 Å². The Morgan fingerprint density at radius 3 is 2.80 bits per heavy atom. The third-order valence-electron chi connectivity index (χ3n) is 3.27. The first kappa shape index (κ1) is 15.0. The number of aromatic nitrogens is 2. The van der Waals surface area contributed by atoms with Crippen LogP contribution in [0.1, 0.15) is 39.1 Å². The number of benzene rings is 1. The van der Waals surface area contributed by atoms with Crippen molar-refractivity contribution in [1.29, 1.82) is 0 Å². The van der Waals surface area contributed by atoms with Gasteiger partial charge in [0.05, 0.1) is 16.9 Å². The minimum absolute atomic E-state index is 0.00447. The summed E-state index contributed by atoms with van der Waals surface area (Å²) in [6.07, 6.45) is 1.09. The summed E-state index contributed by atoms with van der Waals surface area (Å²) in [6, 6.07) is 5.12. The smallest absolute Gasteiger partial charge is 0.258 e. The van der Waals surface area contributed by atoms with Crippen molar-refractivity contribution < 1.29 is 0 Å². The number of fused-ring (bicyclic) bond motifs is 1. The highest BCUT2D eigenvalue weighted by Crippen LogP contribution is 2.16. The molecule has 4 nitrogen and oxygen atoms in total. The summed E-state index contributed by atoms with van der Waals surface area (Å²) in [7, 11) is 0.